The Morgan fingerprint density at radius 3 is 2.93 bits per heavy atom. The molecule has 1 aliphatic rings. The van der Waals surface area contributed by atoms with Crippen molar-refractivity contribution in [1.29, 1.82) is 0 Å². The minimum absolute atomic E-state index is 0.222. The lowest BCUT2D eigenvalue weighted by molar-refractivity contribution is 0.164. The Hall–Kier alpha value is -0.540. The van der Waals surface area contributed by atoms with E-state index in [-0.39, 0.29) is 12.1 Å². The number of likely N-dealkylation sites (N-methyl/N-ethyl adjacent to an activating group) is 1. The molecule has 1 aromatic rings. The van der Waals surface area contributed by atoms with Crippen LogP contribution in [0.3, 0.4) is 0 Å². The first-order valence-electron chi connectivity index (χ1n) is 4.79. The van der Waals surface area contributed by atoms with Crippen LogP contribution in [0.5, 0.6) is 0 Å². The normalized spacial score (nSPS) is 22.3. The number of halogens is 1. The summed E-state index contributed by atoms with van der Waals surface area (Å²) in [7, 11) is 2.04. The highest BCUT2D eigenvalue weighted by Crippen LogP contribution is 2.33. The highest BCUT2D eigenvalue weighted by Gasteiger charge is 2.29. The SMILES string of the molecule is CC(O)C1Cc2cc(Br)ccc2N1C. The smallest absolute Gasteiger partial charge is 0.0718 e. The summed E-state index contributed by atoms with van der Waals surface area (Å²) < 4.78 is 1.11. The zero-order valence-corrected chi connectivity index (χ0v) is 9.95. The predicted molar refractivity (Wildman–Crippen MR) is 61.7 cm³/mol. The zero-order valence-electron chi connectivity index (χ0n) is 8.37. The summed E-state index contributed by atoms with van der Waals surface area (Å²) >= 11 is 3.46. The molecule has 1 aliphatic heterocycles. The molecule has 0 aliphatic carbocycles. The number of aliphatic hydroxyl groups excluding tert-OH is 1. The van der Waals surface area contributed by atoms with Gasteiger partial charge in [0.25, 0.3) is 0 Å². The van der Waals surface area contributed by atoms with Crippen molar-refractivity contribution >= 4 is 21.6 Å². The van der Waals surface area contributed by atoms with Gasteiger partial charge in [0.1, 0.15) is 0 Å². The van der Waals surface area contributed by atoms with Crippen molar-refractivity contribution in [3.63, 3.8) is 0 Å². The van der Waals surface area contributed by atoms with Crippen molar-refractivity contribution in [2.75, 3.05) is 11.9 Å². The molecule has 1 N–H and O–H groups in total. The Bertz CT molecular complexity index is 351. The molecule has 0 radical (unpaired) electrons. The van der Waals surface area contributed by atoms with Crippen molar-refractivity contribution in [2.24, 2.45) is 0 Å². The fourth-order valence-electron chi connectivity index (χ4n) is 2.10. The first kappa shape index (κ1) is 9.99. The summed E-state index contributed by atoms with van der Waals surface area (Å²) in [6, 6.07) is 6.50. The number of benzene rings is 1. The Kier molecular flexibility index (Phi) is 2.54. The third-order valence-corrected chi connectivity index (χ3v) is 3.40. The maximum absolute atomic E-state index is 9.61. The van der Waals surface area contributed by atoms with E-state index < -0.39 is 0 Å². The first-order valence-corrected chi connectivity index (χ1v) is 5.58. The fourth-order valence-corrected chi connectivity index (χ4v) is 2.51. The highest BCUT2D eigenvalue weighted by atomic mass is 79.9. The van der Waals surface area contributed by atoms with E-state index in [0.717, 1.165) is 10.9 Å². The van der Waals surface area contributed by atoms with E-state index >= 15 is 0 Å². The first-order chi connectivity index (χ1) is 6.59. The maximum Gasteiger partial charge on any atom is 0.0718 e. The average molecular weight is 256 g/mol. The van der Waals surface area contributed by atoms with E-state index in [1.807, 2.05) is 20.0 Å². The second-order valence-electron chi connectivity index (χ2n) is 3.90. The van der Waals surface area contributed by atoms with Gasteiger partial charge >= 0.3 is 0 Å². The van der Waals surface area contributed by atoms with Gasteiger partial charge in [0.05, 0.1) is 12.1 Å². The summed E-state index contributed by atoms with van der Waals surface area (Å²) in [5, 5.41) is 9.61. The minimum atomic E-state index is -0.286. The van der Waals surface area contributed by atoms with Crippen molar-refractivity contribution in [3.8, 4) is 0 Å². The van der Waals surface area contributed by atoms with Gasteiger partial charge in [-0.05, 0) is 37.1 Å². The van der Waals surface area contributed by atoms with Crippen LogP contribution in [0.1, 0.15) is 12.5 Å². The van der Waals surface area contributed by atoms with Crippen molar-refractivity contribution in [1.82, 2.24) is 0 Å². The van der Waals surface area contributed by atoms with Gasteiger partial charge in [0.15, 0.2) is 0 Å². The van der Waals surface area contributed by atoms with E-state index in [1.54, 1.807) is 0 Å². The topological polar surface area (TPSA) is 23.5 Å². The van der Waals surface area contributed by atoms with Gasteiger partial charge in [-0.1, -0.05) is 15.9 Å². The lowest BCUT2D eigenvalue weighted by Gasteiger charge is -2.24. The maximum atomic E-state index is 9.61. The van der Waals surface area contributed by atoms with Gasteiger partial charge in [-0.2, -0.15) is 0 Å². The predicted octanol–water partition coefficient (Wildman–Crippen LogP) is 2.19. The van der Waals surface area contributed by atoms with Gasteiger partial charge < -0.3 is 10.0 Å². The molecular formula is C11H14BrNO. The number of fused-ring (bicyclic) bond motifs is 1. The van der Waals surface area contributed by atoms with Crippen LogP contribution in [-0.4, -0.2) is 24.3 Å². The molecule has 0 saturated heterocycles. The standard InChI is InChI=1S/C11H14BrNO/c1-7(14)11-6-8-5-9(12)3-4-10(8)13(11)2/h3-5,7,11,14H,6H2,1-2H3. The highest BCUT2D eigenvalue weighted by molar-refractivity contribution is 9.10. The van der Waals surface area contributed by atoms with Crippen LogP contribution < -0.4 is 4.90 Å². The molecule has 1 aromatic carbocycles. The van der Waals surface area contributed by atoms with Gasteiger partial charge in [-0.25, -0.2) is 0 Å². The lowest BCUT2D eigenvalue weighted by Crippen LogP contribution is -2.37. The quantitative estimate of drug-likeness (QED) is 0.832. The van der Waals surface area contributed by atoms with Crippen LogP contribution in [-0.2, 0) is 6.42 Å². The number of aliphatic hydroxyl groups is 1. The third-order valence-electron chi connectivity index (χ3n) is 2.90. The minimum Gasteiger partial charge on any atom is -0.391 e. The Morgan fingerprint density at radius 2 is 2.29 bits per heavy atom. The largest absolute Gasteiger partial charge is 0.391 e. The van der Waals surface area contributed by atoms with Crippen LogP contribution in [0.25, 0.3) is 0 Å². The summed E-state index contributed by atoms with van der Waals surface area (Å²) in [4.78, 5) is 2.16. The number of nitrogens with zero attached hydrogens (tertiary/aromatic N) is 1. The molecule has 14 heavy (non-hydrogen) atoms. The monoisotopic (exact) mass is 255 g/mol. The molecule has 2 atom stereocenters. The Labute approximate surface area is 92.7 Å². The van der Waals surface area contributed by atoms with E-state index in [0.29, 0.717) is 0 Å². The van der Waals surface area contributed by atoms with E-state index in [2.05, 4.69) is 33.0 Å². The second-order valence-corrected chi connectivity index (χ2v) is 4.81. The van der Waals surface area contributed by atoms with Crippen LogP contribution in [0.15, 0.2) is 22.7 Å². The third kappa shape index (κ3) is 1.55. The number of rotatable bonds is 1. The molecule has 0 saturated carbocycles. The molecule has 0 fully saturated rings. The second kappa shape index (κ2) is 3.55. The molecular weight excluding hydrogens is 242 g/mol. The van der Waals surface area contributed by atoms with Crippen LogP contribution >= 0.6 is 15.9 Å². The van der Waals surface area contributed by atoms with Crippen molar-refractivity contribution in [2.45, 2.75) is 25.5 Å². The van der Waals surface area contributed by atoms with Gasteiger partial charge in [0.2, 0.25) is 0 Å². The molecule has 1 heterocycles. The summed E-state index contributed by atoms with van der Waals surface area (Å²) in [5.41, 5.74) is 2.55. The fraction of sp³-hybridized carbons (Fsp3) is 0.455. The zero-order chi connectivity index (χ0) is 10.3. The van der Waals surface area contributed by atoms with Crippen LogP contribution in [0.2, 0.25) is 0 Å². The summed E-state index contributed by atoms with van der Waals surface area (Å²) in [5.74, 6) is 0. The summed E-state index contributed by atoms with van der Waals surface area (Å²) in [6.07, 6.45) is 0.648. The Morgan fingerprint density at radius 1 is 1.57 bits per heavy atom. The van der Waals surface area contributed by atoms with Gasteiger partial charge in [-0.3, -0.25) is 0 Å². The van der Waals surface area contributed by atoms with Gasteiger partial charge in [0, 0.05) is 17.2 Å². The summed E-state index contributed by atoms with van der Waals surface area (Å²) in [6.45, 7) is 1.85. The number of hydrogen-bond donors (Lipinski definition) is 1. The van der Waals surface area contributed by atoms with Crippen molar-refractivity contribution in [3.05, 3.63) is 28.2 Å². The van der Waals surface area contributed by atoms with Crippen LogP contribution in [0, 0.1) is 0 Å². The van der Waals surface area contributed by atoms with E-state index in [4.69, 9.17) is 0 Å². The molecule has 0 spiro atoms. The number of hydrogen-bond acceptors (Lipinski definition) is 2. The van der Waals surface area contributed by atoms with E-state index in [1.165, 1.54) is 11.3 Å². The lowest BCUT2D eigenvalue weighted by atomic mass is 10.1. The molecule has 0 aromatic heterocycles. The van der Waals surface area contributed by atoms with E-state index in [9.17, 15) is 5.11 Å². The Balaban J connectivity index is 2.35. The molecule has 2 rings (SSSR count). The molecule has 2 nitrogen and oxygen atoms in total. The van der Waals surface area contributed by atoms with Crippen molar-refractivity contribution < 1.29 is 5.11 Å². The molecule has 3 heteroatoms. The number of anilines is 1. The average Bonchev–Trinajstić information content (AvgIpc) is 2.43. The molecule has 0 amide bonds. The molecule has 0 bridgehead atoms. The van der Waals surface area contributed by atoms with Crippen LogP contribution in [0.4, 0.5) is 5.69 Å². The van der Waals surface area contributed by atoms with Gasteiger partial charge in [-0.15, -0.1) is 0 Å². The molecule has 2 unspecified atom stereocenters. The molecule has 76 valence electrons.